The molecule has 0 saturated heterocycles. The Hall–Kier alpha value is -2.38. The molecule has 102 valence electrons. The van der Waals surface area contributed by atoms with E-state index in [0.717, 1.165) is 5.56 Å². The lowest BCUT2D eigenvalue weighted by molar-refractivity contribution is 0.295. The lowest BCUT2D eigenvalue weighted by Gasteiger charge is -2.14. The summed E-state index contributed by atoms with van der Waals surface area (Å²) in [6.45, 7) is 1.92. The molecule has 0 aliphatic carbocycles. The SMILES string of the molecule is C[C@H](N)c1ccccc1OCc1cccc(C#N)c1F. The van der Waals surface area contributed by atoms with E-state index in [9.17, 15) is 4.39 Å². The number of rotatable bonds is 4. The Morgan fingerprint density at radius 1 is 1.25 bits per heavy atom. The molecule has 2 N–H and O–H groups in total. The van der Waals surface area contributed by atoms with Gasteiger partial charge < -0.3 is 10.5 Å². The minimum Gasteiger partial charge on any atom is -0.488 e. The monoisotopic (exact) mass is 270 g/mol. The fourth-order valence-corrected chi connectivity index (χ4v) is 1.92. The van der Waals surface area contributed by atoms with Crippen LogP contribution in [-0.4, -0.2) is 0 Å². The third-order valence-corrected chi connectivity index (χ3v) is 2.99. The maximum Gasteiger partial charge on any atom is 0.147 e. The van der Waals surface area contributed by atoms with Crippen molar-refractivity contribution in [1.29, 1.82) is 5.26 Å². The van der Waals surface area contributed by atoms with E-state index in [1.807, 2.05) is 31.2 Å². The number of hydrogen-bond acceptors (Lipinski definition) is 3. The van der Waals surface area contributed by atoms with Gasteiger partial charge >= 0.3 is 0 Å². The molecule has 0 radical (unpaired) electrons. The van der Waals surface area contributed by atoms with Crippen LogP contribution in [0.2, 0.25) is 0 Å². The Morgan fingerprint density at radius 2 is 2.00 bits per heavy atom. The van der Waals surface area contributed by atoms with Crippen molar-refractivity contribution in [2.24, 2.45) is 5.73 Å². The maximum atomic E-state index is 13.9. The first-order chi connectivity index (χ1) is 9.63. The fourth-order valence-electron chi connectivity index (χ4n) is 1.92. The number of nitrogens with zero attached hydrogens (tertiary/aromatic N) is 1. The molecule has 2 aromatic rings. The minimum absolute atomic E-state index is 0.0200. The highest BCUT2D eigenvalue weighted by molar-refractivity contribution is 5.37. The molecule has 0 spiro atoms. The Labute approximate surface area is 117 Å². The second-order valence-corrected chi connectivity index (χ2v) is 4.51. The summed E-state index contributed by atoms with van der Waals surface area (Å²) in [5.41, 5.74) is 7.10. The predicted molar refractivity (Wildman–Crippen MR) is 74.5 cm³/mol. The molecule has 0 aliphatic heterocycles. The molecule has 0 unspecified atom stereocenters. The molecular weight excluding hydrogens is 255 g/mol. The predicted octanol–water partition coefficient (Wildman–Crippen LogP) is 3.30. The van der Waals surface area contributed by atoms with E-state index in [4.69, 9.17) is 15.7 Å². The summed E-state index contributed by atoms with van der Waals surface area (Å²) in [5.74, 6) is 0.0949. The number of para-hydroxylation sites is 1. The van der Waals surface area contributed by atoms with E-state index in [1.165, 1.54) is 6.07 Å². The van der Waals surface area contributed by atoms with E-state index >= 15 is 0 Å². The number of nitrogens with two attached hydrogens (primary N) is 1. The van der Waals surface area contributed by atoms with Crippen molar-refractivity contribution in [3.05, 3.63) is 65.0 Å². The molecule has 0 heterocycles. The lowest BCUT2D eigenvalue weighted by atomic mass is 10.1. The number of halogens is 1. The van der Waals surface area contributed by atoms with Crippen LogP contribution in [0, 0.1) is 17.1 Å². The van der Waals surface area contributed by atoms with Gasteiger partial charge in [-0.1, -0.05) is 30.3 Å². The van der Waals surface area contributed by atoms with Crippen LogP contribution in [0.25, 0.3) is 0 Å². The quantitative estimate of drug-likeness (QED) is 0.927. The Morgan fingerprint density at radius 3 is 2.70 bits per heavy atom. The average molecular weight is 270 g/mol. The second kappa shape index (κ2) is 6.18. The van der Waals surface area contributed by atoms with Crippen molar-refractivity contribution in [3.8, 4) is 11.8 Å². The van der Waals surface area contributed by atoms with Crippen LogP contribution in [0.1, 0.15) is 29.7 Å². The molecule has 20 heavy (non-hydrogen) atoms. The Bertz CT molecular complexity index is 647. The minimum atomic E-state index is -0.534. The number of nitriles is 1. The van der Waals surface area contributed by atoms with Crippen LogP contribution in [0.3, 0.4) is 0 Å². The summed E-state index contributed by atoms with van der Waals surface area (Å²) in [4.78, 5) is 0. The molecule has 3 nitrogen and oxygen atoms in total. The molecular formula is C16H15FN2O. The molecule has 2 rings (SSSR count). The van der Waals surface area contributed by atoms with Crippen molar-refractivity contribution in [3.63, 3.8) is 0 Å². The van der Waals surface area contributed by atoms with Gasteiger partial charge in [0, 0.05) is 17.2 Å². The Balaban J connectivity index is 2.20. The standard InChI is InChI=1S/C16H15FN2O/c1-11(19)14-7-2-3-8-15(14)20-10-13-6-4-5-12(9-18)16(13)17/h2-8,11H,10,19H2,1H3/t11-/m0/s1. The highest BCUT2D eigenvalue weighted by Gasteiger charge is 2.10. The van der Waals surface area contributed by atoms with E-state index in [0.29, 0.717) is 11.3 Å². The lowest BCUT2D eigenvalue weighted by Crippen LogP contribution is -2.08. The first-order valence-corrected chi connectivity index (χ1v) is 6.28. The van der Waals surface area contributed by atoms with Crippen molar-refractivity contribution in [2.45, 2.75) is 19.6 Å². The van der Waals surface area contributed by atoms with Crippen LogP contribution in [0.4, 0.5) is 4.39 Å². The summed E-state index contributed by atoms with van der Waals surface area (Å²) in [6, 6.07) is 13.7. The van der Waals surface area contributed by atoms with Gasteiger partial charge in [0.1, 0.15) is 24.2 Å². The van der Waals surface area contributed by atoms with Gasteiger partial charge in [0.15, 0.2) is 0 Å². The molecule has 0 amide bonds. The van der Waals surface area contributed by atoms with E-state index in [1.54, 1.807) is 18.2 Å². The number of ether oxygens (including phenoxy) is 1. The van der Waals surface area contributed by atoms with Crippen LogP contribution >= 0.6 is 0 Å². The normalized spacial score (nSPS) is 11.7. The highest BCUT2D eigenvalue weighted by atomic mass is 19.1. The Kier molecular flexibility index (Phi) is 4.34. The summed E-state index contributed by atoms with van der Waals surface area (Å²) >= 11 is 0. The maximum absolute atomic E-state index is 13.9. The molecule has 0 aromatic heterocycles. The average Bonchev–Trinajstić information content (AvgIpc) is 2.46. The first-order valence-electron chi connectivity index (χ1n) is 6.28. The summed E-state index contributed by atoms with van der Waals surface area (Å²) in [7, 11) is 0. The fraction of sp³-hybridized carbons (Fsp3) is 0.188. The summed E-state index contributed by atoms with van der Waals surface area (Å²) < 4.78 is 19.5. The molecule has 0 bridgehead atoms. The summed E-state index contributed by atoms with van der Waals surface area (Å²) in [5, 5.41) is 8.80. The van der Waals surface area contributed by atoms with E-state index in [-0.39, 0.29) is 18.2 Å². The zero-order valence-corrected chi connectivity index (χ0v) is 11.1. The van der Waals surface area contributed by atoms with Crippen molar-refractivity contribution in [1.82, 2.24) is 0 Å². The second-order valence-electron chi connectivity index (χ2n) is 4.51. The third-order valence-electron chi connectivity index (χ3n) is 2.99. The molecule has 0 fully saturated rings. The summed E-state index contributed by atoms with van der Waals surface area (Å²) in [6.07, 6.45) is 0. The highest BCUT2D eigenvalue weighted by Crippen LogP contribution is 2.24. The van der Waals surface area contributed by atoms with Gasteiger partial charge in [-0.15, -0.1) is 0 Å². The van der Waals surface area contributed by atoms with E-state index in [2.05, 4.69) is 0 Å². The largest absolute Gasteiger partial charge is 0.488 e. The van der Waals surface area contributed by atoms with Crippen molar-refractivity contribution in [2.75, 3.05) is 0 Å². The van der Waals surface area contributed by atoms with Gasteiger partial charge in [0.25, 0.3) is 0 Å². The van der Waals surface area contributed by atoms with Gasteiger partial charge in [-0.25, -0.2) is 4.39 Å². The van der Waals surface area contributed by atoms with Gasteiger partial charge in [-0.3, -0.25) is 0 Å². The van der Waals surface area contributed by atoms with Gasteiger partial charge in [0.2, 0.25) is 0 Å². The van der Waals surface area contributed by atoms with Gasteiger partial charge in [-0.05, 0) is 19.1 Å². The van der Waals surface area contributed by atoms with Gasteiger partial charge in [-0.2, -0.15) is 5.26 Å². The zero-order valence-electron chi connectivity index (χ0n) is 11.1. The van der Waals surface area contributed by atoms with Crippen LogP contribution < -0.4 is 10.5 Å². The number of hydrogen-bond donors (Lipinski definition) is 1. The van der Waals surface area contributed by atoms with Crippen molar-refractivity contribution >= 4 is 0 Å². The first kappa shape index (κ1) is 14.0. The molecule has 4 heteroatoms. The molecule has 0 saturated carbocycles. The third kappa shape index (κ3) is 2.95. The van der Waals surface area contributed by atoms with Crippen LogP contribution in [0.5, 0.6) is 5.75 Å². The van der Waals surface area contributed by atoms with Crippen LogP contribution in [-0.2, 0) is 6.61 Å². The van der Waals surface area contributed by atoms with Crippen molar-refractivity contribution < 1.29 is 9.13 Å². The number of benzene rings is 2. The van der Waals surface area contributed by atoms with Gasteiger partial charge in [0.05, 0.1) is 5.56 Å². The molecule has 1 atom stereocenters. The van der Waals surface area contributed by atoms with Crippen LogP contribution in [0.15, 0.2) is 42.5 Å². The molecule has 2 aromatic carbocycles. The zero-order chi connectivity index (χ0) is 14.5. The smallest absolute Gasteiger partial charge is 0.147 e. The molecule has 0 aliphatic rings. The van der Waals surface area contributed by atoms with E-state index < -0.39 is 5.82 Å². The topological polar surface area (TPSA) is 59.0 Å².